The SMILES string of the molecule is CCC(=O)OC(C)(N)Cc1ccccc1. The zero-order valence-electron chi connectivity index (χ0n) is 9.19. The Balaban J connectivity index is 2.60. The number of hydrogen-bond acceptors (Lipinski definition) is 3. The quantitative estimate of drug-likeness (QED) is 0.605. The van der Waals surface area contributed by atoms with Gasteiger partial charge in [0.15, 0.2) is 5.72 Å². The van der Waals surface area contributed by atoms with Crippen LogP contribution < -0.4 is 5.73 Å². The van der Waals surface area contributed by atoms with Gasteiger partial charge in [0.1, 0.15) is 0 Å². The van der Waals surface area contributed by atoms with Crippen molar-refractivity contribution < 1.29 is 9.53 Å². The summed E-state index contributed by atoms with van der Waals surface area (Å²) in [5, 5.41) is 0. The van der Waals surface area contributed by atoms with Crippen LogP contribution in [0.3, 0.4) is 0 Å². The van der Waals surface area contributed by atoms with Crippen LogP contribution in [0.2, 0.25) is 0 Å². The predicted molar refractivity (Wildman–Crippen MR) is 59.1 cm³/mol. The van der Waals surface area contributed by atoms with Crippen LogP contribution in [0.25, 0.3) is 0 Å². The summed E-state index contributed by atoms with van der Waals surface area (Å²) >= 11 is 0. The molecule has 0 aromatic heterocycles. The van der Waals surface area contributed by atoms with Gasteiger partial charge in [0.25, 0.3) is 0 Å². The van der Waals surface area contributed by atoms with E-state index in [1.54, 1.807) is 13.8 Å². The van der Waals surface area contributed by atoms with Crippen molar-refractivity contribution in [1.29, 1.82) is 0 Å². The zero-order valence-corrected chi connectivity index (χ0v) is 9.19. The zero-order chi connectivity index (χ0) is 11.3. The van der Waals surface area contributed by atoms with Crippen molar-refractivity contribution in [2.24, 2.45) is 5.73 Å². The molecule has 3 heteroatoms. The molecule has 2 N–H and O–H groups in total. The number of nitrogens with two attached hydrogens (primary N) is 1. The molecule has 0 amide bonds. The molecule has 1 unspecified atom stereocenters. The Morgan fingerprint density at radius 1 is 1.40 bits per heavy atom. The van der Waals surface area contributed by atoms with Crippen LogP contribution in [-0.2, 0) is 16.0 Å². The largest absolute Gasteiger partial charge is 0.444 e. The minimum Gasteiger partial charge on any atom is -0.444 e. The topological polar surface area (TPSA) is 52.3 Å². The highest BCUT2D eigenvalue weighted by Gasteiger charge is 2.22. The molecule has 0 aliphatic carbocycles. The second-order valence-electron chi connectivity index (χ2n) is 3.80. The lowest BCUT2D eigenvalue weighted by Gasteiger charge is -2.24. The molecule has 1 aromatic rings. The first-order valence-electron chi connectivity index (χ1n) is 5.08. The van der Waals surface area contributed by atoms with E-state index in [0.717, 1.165) is 5.56 Å². The first kappa shape index (κ1) is 11.7. The van der Waals surface area contributed by atoms with Gasteiger partial charge in [0.05, 0.1) is 0 Å². The van der Waals surface area contributed by atoms with Crippen LogP contribution in [0.1, 0.15) is 25.8 Å². The van der Waals surface area contributed by atoms with Gasteiger partial charge in [-0.25, -0.2) is 0 Å². The smallest absolute Gasteiger partial charge is 0.307 e. The highest BCUT2D eigenvalue weighted by atomic mass is 16.6. The fraction of sp³-hybridized carbons (Fsp3) is 0.417. The number of rotatable bonds is 4. The first-order valence-corrected chi connectivity index (χ1v) is 5.08. The van der Waals surface area contributed by atoms with E-state index in [-0.39, 0.29) is 5.97 Å². The van der Waals surface area contributed by atoms with Crippen molar-refractivity contribution in [2.45, 2.75) is 32.4 Å². The molecule has 82 valence electrons. The van der Waals surface area contributed by atoms with Crippen LogP contribution in [0.15, 0.2) is 30.3 Å². The van der Waals surface area contributed by atoms with E-state index in [4.69, 9.17) is 10.5 Å². The number of esters is 1. The van der Waals surface area contributed by atoms with E-state index in [2.05, 4.69) is 0 Å². The summed E-state index contributed by atoms with van der Waals surface area (Å²) in [5.74, 6) is -0.268. The average Bonchev–Trinajstić information content (AvgIpc) is 2.17. The van der Waals surface area contributed by atoms with Crippen LogP contribution >= 0.6 is 0 Å². The summed E-state index contributed by atoms with van der Waals surface area (Å²) < 4.78 is 5.13. The Morgan fingerprint density at radius 3 is 2.53 bits per heavy atom. The van der Waals surface area contributed by atoms with E-state index in [9.17, 15) is 4.79 Å². The maximum Gasteiger partial charge on any atom is 0.307 e. The standard InChI is InChI=1S/C12H17NO2/c1-3-11(14)15-12(2,13)9-10-7-5-4-6-8-10/h4-8H,3,9,13H2,1-2H3. The molecule has 0 fully saturated rings. The van der Waals surface area contributed by atoms with E-state index in [1.165, 1.54) is 0 Å². The fourth-order valence-electron chi connectivity index (χ4n) is 1.37. The molecule has 0 aliphatic rings. The van der Waals surface area contributed by atoms with Gasteiger partial charge in [0, 0.05) is 12.8 Å². The molecule has 0 radical (unpaired) electrons. The maximum absolute atomic E-state index is 11.1. The second kappa shape index (κ2) is 4.94. The van der Waals surface area contributed by atoms with Crippen LogP contribution in [0.5, 0.6) is 0 Å². The Hall–Kier alpha value is -1.35. The third kappa shape index (κ3) is 4.13. The van der Waals surface area contributed by atoms with Crippen LogP contribution in [0, 0.1) is 0 Å². The van der Waals surface area contributed by atoms with Crippen molar-refractivity contribution in [2.75, 3.05) is 0 Å². The summed E-state index contributed by atoms with van der Waals surface area (Å²) in [5.41, 5.74) is 6.02. The highest BCUT2D eigenvalue weighted by molar-refractivity contribution is 5.69. The molecule has 0 saturated heterocycles. The van der Waals surface area contributed by atoms with Gasteiger partial charge in [-0.1, -0.05) is 37.3 Å². The normalized spacial score (nSPS) is 14.3. The Bertz CT molecular complexity index is 320. The number of benzene rings is 1. The van der Waals surface area contributed by atoms with Crippen molar-refractivity contribution in [3.05, 3.63) is 35.9 Å². The Morgan fingerprint density at radius 2 is 2.00 bits per heavy atom. The molecular weight excluding hydrogens is 190 g/mol. The minimum atomic E-state index is -0.922. The van der Waals surface area contributed by atoms with E-state index < -0.39 is 5.72 Å². The van der Waals surface area contributed by atoms with E-state index in [0.29, 0.717) is 12.8 Å². The number of carbonyl (C=O) groups excluding carboxylic acids is 1. The summed E-state index contributed by atoms with van der Waals surface area (Å²) in [6, 6.07) is 9.74. The third-order valence-corrected chi connectivity index (χ3v) is 2.03. The van der Waals surface area contributed by atoms with Gasteiger partial charge in [0.2, 0.25) is 0 Å². The van der Waals surface area contributed by atoms with Crippen LogP contribution in [0.4, 0.5) is 0 Å². The lowest BCUT2D eigenvalue weighted by molar-refractivity contribution is -0.157. The molecule has 3 nitrogen and oxygen atoms in total. The molecule has 0 heterocycles. The second-order valence-corrected chi connectivity index (χ2v) is 3.80. The van der Waals surface area contributed by atoms with E-state index in [1.807, 2.05) is 30.3 Å². The molecule has 1 rings (SSSR count). The molecule has 0 bridgehead atoms. The Kier molecular flexibility index (Phi) is 3.86. The van der Waals surface area contributed by atoms with Crippen LogP contribution in [-0.4, -0.2) is 11.7 Å². The number of hydrogen-bond donors (Lipinski definition) is 1. The summed E-state index contributed by atoms with van der Waals surface area (Å²) in [6.45, 7) is 3.47. The number of carbonyl (C=O) groups is 1. The molecule has 15 heavy (non-hydrogen) atoms. The molecule has 0 aliphatic heterocycles. The van der Waals surface area contributed by atoms with Gasteiger partial charge in [-0.2, -0.15) is 0 Å². The Labute approximate surface area is 90.2 Å². The average molecular weight is 207 g/mol. The summed E-state index contributed by atoms with van der Waals surface area (Å²) in [6.07, 6.45) is 0.876. The summed E-state index contributed by atoms with van der Waals surface area (Å²) in [4.78, 5) is 11.1. The molecule has 1 aromatic carbocycles. The number of ether oxygens (including phenoxy) is 1. The summed E-state index contributed by atoms with van der Waals surface area (Å²) in [7, 11) is 0. The minimum absolute atomic E-state index is 0.268. The molecule has 1 atom stereocenters. The molecule has 0 saturated carbocycles. The van der Waals surface area contributed by atoms with Crippen molar-refractivity contribution in [3.63, 3.8) is 0 Å². The third-order valence-electron chi connectivity index (χ3n) is 2.03. The fourth-order valence-corrected chi connectivity index (χ4v) is 1.37. The van der Waals surface area contributed by atoms with Gasteiger partial charge in [-0.15, -0.1) is 0 Å². The van der Waals surface area contributed by atoms with Gasteiger partial charge in [-0.05, 0) is 12.5 Å². The lowest BCUT2D eigenvalue weighted by Crippen LogP contribution is -2.43. The molecule has 0 spiro atoms. The van der Waals surface area contributed by atoms with Crippen molar-refractivity contribution in [1.82, 2.24) is 0 Å². The lowest BCUT2D eigenvalue weighted by atomic mass is 10.1. The monoisotopic (exact) mass is 207 g/mol. The highest BCUT2D eigenvalue weighted by Crippen LogP contribution is 2.12. The van der Waals surface area contributed by atoms with E-state index >= 15 is 0 Å². The predicted octanol–water partition coefficient (Wildman–Crippen LogP) is 1.86. The van der Waals surface area contributed by atoms with Crippen molar-refractivity contribution in [3.8, 4) is 0 Å². The molecular formula is C12H17NO2. The maximum atomic E-state index is 11.1. The first-order chi connectivity index (χ1) is 7.03. The van der Waals surface area contributed by atoms with Gasteiger partial charge >= 0.3 is 5.97 Å². The van der Waals surface area contributed by atoms with Gasteiger partial charge in [-0.3, -0.25) is 10.5 Å². The van der Waals surface area contributed by atoms with Crippen molar-refractivity contribution >= 4 is 5.97 Å². The van der Waals surface area contributed by atoms with Gasteiger partial charge < -0.3 is 4.74 Å².